The normalized spacial score (nSPS) is 11.3. The fraction of sp³-hybridized carbons (Fsp3) is 0.0667. The molecule has 1 aromatic carbocycles. The Hall–Kier alpha value is -2.17. The fourth-order valence-corrected chi connectivity index (χ4v) is 5.05. The Morgan fingerprint density at radius 3 is 2.40 bits per heavy atom. The maximum Gasteiger partial charge on any atom is 0.271 e. The number of nitrogens with one attached hydrogen (secondary N) is 2. The number of rotatable bonds is 5. The minimum Gasteiger partial charge on any atom is -0.361 e. The largest absolute Gasteiger partial charge is 0.361 e. The molecule has 2 heterocycles. The monoisotopic (exact) mass is 441 g/mol. The van der Waals surface area contributed by atoms with E-state index in [-0.39, 0.29) is 10.1 Å². The van der Waals surface area contributed by atoms with Crippen LogP contribution in [0.3, 0.4) is 0 Å². The summed E-state index contributed by atoms with van der Waals surface area (Å²) in [4.78, 5) is 12.1. The predicted octanol–water partition coefficient (Wildman–Crippen LogP) is 3.86. The molecule has 0 spiro atoms. The number of hydrogen-bond acceptors (Lipinski definition) is 6. The molecule has 7 nitrogen and oxygen atoms in total. The number of sulfonamides is 1. The number of carbonyl (C=O) groups is 1. The van der Waals surface area contributed by atoms with Gasteiger partial charge in [0.2, 0.25) is 0 Å². The van der Waals surface area contributed by atoms with Crippen molar-refractivity contribution in [1.82, 2.24) is 5.16 Å². The Morgan fingerprint density at radius 2 is 1.84 bits per heavy atom. The third-order valence-corrected chi connectivity index (χ3v) is 6.70. The van der Waals surface area contributed by atoms with Crippen LogP contribution in [-0.4, -0.2) is 19.5 Å². The van der Waals surface area contributed by atoms with Crippen LogP contribution >= 0.6 is 27.3 Å². The van der Waals surface area contributed by atoms with Gasteiger partial charge in [0.25, 0.3) is 15.9 Å². The lowest BCUT2D eigenvalue weighted by Gasteiger charge is -2.08. The summed E-state index contributed by atoms with van der Waals surface area (Å²) in [7, 11) is -3.64. The maximum atomic E-state index is 12.3. The van der Waals surface area contributed by atoms with Crippen LogP contribution in [0.5, 0.6) is 0 Å². The SMILES string of the molecule is Cc1oncc1C(=O)Nc1ccc(NS(=O)(=O)c2ccc(Br)s2)cc1. The Kier molecular flexibility index (Phi) is 4.93. The van der Waals surface area contributed by atoms with Crippen LogP contribution in [0.2, 0.25) is 0 Å². The van der Waals surface area contributed by atoms with Crippen molar-refractivity contribution in [3.8, 4) is 0 Å². The number of hydrogen-bond donors (Lipinski definition) is 2. The standard InChI is InChI=1S/C15H12BrN3O4S2/c1-9-12(8-17-23-9)15(20)18-10-2-4-11(5-3-10)19-25(21,22)14-7-6-13(16)24-14/h2-8,19H,1H3,(H,18,20). The highest BCUT2D eigenvalue weighted by atomic mass is 79.9. The second kappa shape index (κ2) is 6.98. The lowest BCUT2D eigenvalue weighted by molar-refractivity contribution is 0.102. The van der Waals surface area contributed by atoms with E-state index in [1.54, 1.807) is 37.3 Å². The van der Waals surface area contributed by atoms with E-state index < -0.39 is 10.0 Å². The molecule has 1 amide bonds. The Labute approximate surface area is 156 Å². The van der Waals surface area contributed by atoms with Crippen LogP contribution in [0.1, 0.15) is 16.1 Å². The summed E-state index contributed by atoms with van der Waals surface area (Å²) in [5.74, 6) is 0.0690. The molecule has 25 heavy (non-hydrogen) atoms. The number of benzene rings is 1. The van der Waals surface area contributed by atoms with Gasteiger partial charge in [0.15, 0.2) is 0 Å². The molecule has 0 radical (unpaired) electrons. The van der Waals surface area contributed by atoms with Gasteiger partial charge in [-0.15, -0.1) is 11.3 Å². The number of nitrogens with zero attached hydrogens (tertiary/aromatic N) is 1. The molecule has 0 atom stereocenters. The molecule has 2 N–H and O–H groups in total. The highest BCUT2D eigenvalue weighted by molar-refractivity contribution is 9.11. The zero-order chi connectivity index (χ0) is 18.0. The third kappa shape index (κ3) is 4.09. The second-order valence-corrected chi connectivity index (χ2v) is 9.36. The van der Waals surface area contributed by atoms with E-state index in [1.165, 1.54) is 12.3 Å². The molecular weight excluding hydrogens is 430 g/mol. The third-order valence-electron chi connectivity index (χ3n) is 3.20. The van der Waals surface area contributed by atoms with Crippen LogP contribution in [0.4, 0.5) is 11.4 Å². The quantitative estimate of drug-likeness (QED) is 0.625. The van der Waals surface area contributed by atoms with Crippen molar-refractivity contribution in [2.24, 2.45) is 0 Å². The molecule has 0 aliphatic heterocycles. The van der Waals surface area contributed by atoms with Crippen LogP contribution in [0.25, 0.3) is 0 Å². The van der Waals surface area contributed by atoms with Crippen molar-refractivity contribution in [1.29, 1.82) is 0 Å². The average molecular weight is 442 g/mol. The summed E-state index contributed by atoms with van der Waals surface area (Å²) in [6.45, 7) is 1.64. The van der Waals surface area contributed by atoms with Crippen LogP contribution < -0.4 is 10.0 Å². The molecule has 0 unspecified atom stereocenters. The van der Waals surface area contributed by atoms with Crippen molar-refractivity contribution in [3.05, 3.63) is 57.7 Å². The van der Waals surface area contributed by atoms with Crippen molar-refractivity contribution in [3.63, 3.8) is 0 Å². The molecule has 0 saturated heterocycles. The van der Waals surface area contributed by atoms with Gasteiger partial charge in [-0.3, -0.25) is 9.52 Å². The molecule has 10 heteroatoms. The van der Waals surface area contributed by atoms with E-state index >= 15 is 0 Å². The van der Waals surface area contributed by atoms with Gasteiger partial charge in [-0.1, -0.05) is 5.16 Å². The summed E-state index contributed by atoms with van der Waals surface area (Å²) in [6, 6.07) is 9.52. The molecule has 0 fully saturated rings. The van der Waals surface area contributed by atoms with E-state index in [2.05, 4.69) is 31.1 Å². The predicted molar refractivity (Wildman–Crippen MR) is 98.5 cm³/mol. The average Bonchev–Trinajstić information content (AvgIpc) is 3.18. The summed E-state index contributed by atoms with van der Waals surface area (Å²) in [5.41, 5.74) is 1.25. The first-order chi connectivity index (χ1) is 11.8. The number of aromatic nitrogens is 1. The van der Waals surface area contributed by atoms with Gasteiger partial charge in [0.1, 0.15) is 15.5 Å². The van der Waals surface area contributed by atoms with Gasteiger partial charge in [-0.05, 0) is 59.3 Å². The van der Waals surface area contributed by atoms with Crippen LogP contribution in [-0.2, 0) is 10.0 Å². The van der Waals surface area contributed by atoms with Crippen molar-refractivity contribution in [2.45, 2.75) is 11.1 Å². The van der Waals surface area contributed by atoms with Crippen molar-refractivity contribution in [2.75, 3.05) is 10.0 Å². The zero-order valence-electron chi connectivity index (χ0n) is 12.8. The number of thiophene rings is 1. The van der Waals surface area contributed by atoms with Crippen molar-refractivity contribution >= 4 is 54.6 Å². The van der Waals surface area contributed by atoms with Gasteiger partial charge < -0.3 is 9.84 Å². The van der Waals surface area contributed by atoms with Gasteiger partial charge >= 0.3 is 0 Å². The number of carbonyl (C=O) groups excluding carboxylic acids is 1. The van der Waals surface area contributed by atoms with Gasteiger partial charge in [-0.25, -0.2) is 8.42 Å². The summed E-state index contributed by atoms with van der Waals surface area (Å²) < 4.78 is 32.8. The molecule has 130 valence electrons. The number of amides is 1. The molecular formula is C15H12BrN3O4S2. The number of halogens is 1. The summed E-state index contributed by atoms with van der Waals surface area (Å²) in [6.07, 6.45) is 1.34. The van der Waals surface area contributed by atoms with Gasteiger partial charge in [0, 0.05) is 11.4 Å². The Balaban J connectivity index is 1.70. The molecule has 0 aliphatic rings. The first-order valence-corrected chi connectivity index (χ1v) is 10.1. The molecule has 3 rings (SSSR count). The summed E-state index contributed by atoms with van der Waals surface area (Å²) in [5, 5.41) is 6.24. The smallest absolute Gasteiger partial charge is 0.271 e. The van der Waals surface area contributed by atoms with Gasteiger partial charge in [0.05, 0.1) is 9.98 Å². The maximum absolute atomic E-state index is 12.3. The van der Waals surface area contributed by atoms with Gasteiger partial charge in [-0.2, -0.15) is 0 Å². The molecule has 0 bridgehead atoms. The number of anilines is 2. The van der Waals surface area contributed by atoms with E-state index in [0.29, 0.717) is 22.7 Å². The van der Waals surface area contributed by atoms with Crippen LogP contribution in [0.15, 0.2) is 55.1 Å². The molecule has 2 aromatic heterocycles. The topological polar surface area (TPSA) is 101 Å². The lowest BCUT2D eigenvalue weighted by Crippen LogP contribution is -2.13. The van der Waals surface area contributed by atoms with Crippen LogP contribution in [0, 0.1) is 6.92 Å². The lowest BCUT2D eigenvalue weighted by atomic mass is 10.2. The zero-order valence-corrected chi connectivity index (χ0v) is 16.0. The molecule has 3 aromatic rings. The fourth-order valence-electron chi connectivity index (χ4n) is 1.98. The Bertz CT molecular complexity index is 1010. The minimum atomic E-state index is -3.64. The van der Waals surface area contributed by atoms with E-state index in [9.17, 15) is 13.2 Å². The molecule has 0 aliphatic carbocycles. The first kappa shape index (κ1) is 17.6. The minimum absolute atomic E-state index is 0.208. The van der Waals surface area contributed by atoms with Crippen molar-refractivity contribution < 1.29 is 17.7 Å². The van der Waals surface area contributed by atoms with E-state index in [4.69, 9.17) is 4.52 Å². The highest BCUT2D eigenvalue weighted by Gasteiger charge is 2.17. The first-order valence-electron chi connectivity index (χ1n) is 6.96. The second-order valence-electron chi connectivity index (χ2n) is 4.99. The number of aryl methyl sites for hydroxylation is 1. The Morgan fingerprint density at radius 1 is 1.16 bits per heavy atom. The highest BCUT2D eigenvalue weighted by Crippen LogP contribution is 2.28. The van der Waals surface area contributed by atoms with E-state index in [1.807, 2.05) is 0 Å². The van der Waals surface area contributed by atoms with E-state index in [0.717, 1.165) is 15.1 Å². The summed E-state index contributed by atoms with van der Waals surface area (Å²) >= 11 is 4.36. The molecule has 0 saturated carbocycles.